The van der Waals surface area contributed by atoms with Gasteiger partial charge in [0.25, 0.3) is 0 Å². The van der Waals surface area contributed by atoms with Gasteiger partial charge in [-0.15, -0.1) is 0 Å². The van der Waals surface area contributed by atoms with Crippen LogP contribution in [0.2, 0.25) is 5.02 Å². The second kappa shape index (κ2) is 7.85. The van der Waals surface area contributed by atoms with E-state index in [1.807, 2.05) is 55.5 Å². The van der Waals surface area contributed by atoms with Gasteiger partial charge in [-0.25, -0.2) is 0 Å². The summed E-state index contributed by atoms with van der Waals surface area (Å²) in [4.78, 5) is 12.1. The highest BCUT2D eigenvalue weighted by molar-refractivity contribution is 6.30. The number of halogens is 1. The molecule has 0 aromatic heterocycles. The fraction of sp³-hybridized carbons (Fsp3) is 0.278. The lowest BCUT2D eigenvalue weighted by atomic mass is 10.1. The van der Waals surface area contributed by atoms with Gasteiger partial charge in [-0.05, 0) is 37.1 Å². The number of benzene rings is 2. The third-order valence-corrected chi connectivity index (χ3v) is 3.79. The number of methoxy groups -OCH3 is 1. The Labute approximate surface area is 136 Å². The Hall–Kier alpha value is -2.00. The molecule has 22 heavy (non-hydrogen) atoms. The first-order valence-electron chi connectivity index (χ1n) is 7.27. The first-order valence-corrected chi connectivity index (χ1v) is 7.64. The standard InChI is InChI=1S/C18H20ClNO2/c1-13(16-5-3-4-6-17(16)22-2)20-18(21)12-9-14-7-10-15(19)11-8-14/h3-8,10-11,13H,9,12H2,1-2H3,(H,20,21)/t13-/m0/s1. The van der Waals surface area contributed by atoms with E-state index in [1.165, 1.54) is 0 Å². The van der Waals surface area contributed by atoms with Gasteiger partial charge in [-0.2, -0.15) is 0 Å². The van der Waals surface area contributed by atoms with Crippen molar-refractivity contribution in [3.63, 3.8) is 0 Å². The van der Waals surface area contributed by atoms with E-state index in [1.54, 1.807) is 7.11 Å². The smallest absolute Gasteiger partial charge is 0.220 e. The van der Waals surface area contributed by atoms with Gasteiger partial charge in [0.15, 0.2) is 0 Å². The van der Waals surface area contributed by atoms with Gasteiger partial charge in [0.2, 0.25) is 5.91 Å². The van der Waals surface area contributed by atoms with E-state index in [0.29, 0.717) is 17.9 Å². The Morgan fingerprint density at radius 3 is 2.55 bits per heavy atom. The first kappa shape index (κ1) is 16.4. The molecule has 1 amide bonds. The molecular weight excluding hydrogens is 298 g/mol. The van der Waals surface area contributed by atoms with E-state index in [4.69, 9.17) is 16.3 Å². The molecule has 0 aliphatic carbocycles. The SMILES string of the molecule is COc1ccccc1[C@H](C)NC(=O)CCc1ccc(Cl)cc1. The van der Waals surface area contributed by atoms with Crippen LogP contribution in [0.4, 0.5) is 0 Å². The Morgan fingerprint density at radius 2 is 1.86 bits per heavy atom. The highest BCUT2D eigenvalue weighted by atomic mass is 35.5. The predicted molar refractivity (Wildman–Crippen MR) is 89.3 cm³/mol. The van der Waals surface area contributed by atoms with E-state index < -0.39 is 0 Å². The van der Waals surface area contributed by atoms with Crippen LogP contribution in [0.1, 0.15) is 30.5 Å². The minimum atomic E-state index is -0.0890. The number of para-hydroxylation sites is 1. The number of carbonyl (C=O) groups is 1. The van der Waals surface area contributed by atoms with E-state index >= 15 is 0 Å². The number of ether oxygens (including phenoxy) is 1. The van der Waals surface area contributed by atoms with E-state index in [9.17, 15) is 4.79 Å². The number of hydrogen-bond acceptors (Lipinski definition) is 2. The summed E-state index contributed by atoms with van der Waals surface area (Å²) in [7, 11) is 1.63. The number of aryl methyl sites for hydroxylation is 1. The van der Waals surface area contributed by atoms with Gasteiger partial charge >= 0.3 is 0 Å². The summed E-state index contributed by atoms with van der Waals surface area (Å²) in [6.45, 7) is 1.96. The fourth-order valence-corrected chi connectivity index (χ4v) is 2.45. The van der Waals surface area contributed by atoms with Gasteiger partial charge < -0.3 is 10.1 Å². The van der Waals surface area contributed by atoms with Gasteiger partial charge in [-0.1, -0.05) is 41.9 Å². The summed E-state index contributed by atoms with van der Waals surface area (Å²) in [5.74, 6) is 0.807. The van der Waals surface area contributed by atoms with Crippen molar-refractivity contribution < 1.29 is 9.53 Å². The van der Waals surface area contributed by atoms with Gasteiger partial charge in [0, 0.05) is 17.0 Å². The van der Waals surface area contributed by atoms with Crippen LogP contribution in [0.25, 0.3) is 0 Å². The minimum Gasteiger partial charge on any atom is -0.496 e. The maximum absolute atomic E-state index is 12.1. The van der Waals surface area contributed by atoms with Gasteiger partial charge in [0.1, 0.15) is 5.75 Å². The van der Waals surface area contributed by atoms with Crippen molar-refractivity contribution in [3.05, 3.63) is 64.7 Å². The number of nitrogens with one attached hydrogen (secondary N) is 1. The molecule has 0 aliphatic rings. The van der Waals surface area contributed by atoms with E-state index in [0.717, 1.165) is 16.9 Å². The van der Waals surface area contributed by atoms with Crippen molar-refractivity contribution in [3.8, 4) is 5.75 Å². The highest BCUT2D eigenvalue weighted by Gasteiger charge is 2.13. The van der Waals surface area contributed by atoms with Crippen LogP contribution in [-0.2, 0) is 11.2 Å². The average molecular weight is 318 g/mol. The molecule has 0 aliphatic heterocycles. The molecule has 0 spiro atoms. The third kappa shape index (κ3) is 4.50. The van der Waals surface area contributed by atoms with Crippen molar-refractivity contribution in [2.45, 2.75) is 25.8 Å². The molecule has 2 aromatic carbocycles. The van der Waals surface area contributed by atoms with Crippen LogP contribution >= 0.6 is 11.6 Å². The normalized spacial score (nSPS) is 11.8. The zero-order valence-corrected chi connectivity index (χ0v) is 13.6. The first-order chi connectivity index (χ1) is 10.6. The molecule has 4 heteroatoms. The largest absolute Gasteiger partial charge is 0.496 e. The zero-order valence-electron chi connectivity index (χ0n) is 12.8. The quantitative estimate of drug-likeness (QED) is 0.868. The average Bonchev–Trinajstić information content (AvgIpc) is 2.54. The highest BCUT2D eigenvalue weighted by Crippen LogP contribution is 2.24. The molecule has 0 fully saturated rings. The maximum atomic E-state index is 12.1. The van der Waals surface area contributed by atoms with E-state index in [2.05, 4.69) is 5.32 Å². The van der Waals surface area contributed by atoms with Crippen molar-refractivity contribution in [2.24, 2.45) is 0 Å². The van der Waals surface area contributed by atoms with Crippen LogP contribution in [0.3, 0.4) is 0 Å². The topological polar surface area (TPSA) is 38.3 Å². The molecule has 0 unspecified atom stereocenters. The van der Waals surface area contributed by atoms with Crippen LogP contribution in [0, 0.1) is 0 Å². The molecule has 2 rings (SSSR count). The molecule has 3 nitrogen and oxygen atoms in total. The molecule has 1 N–H and O–H groups in total. The van der Waals surface area contributed by atoms with Crippen LogP contribution in [-0.4, -0.2) is 13.0 Å². The Bertz CT molecular complexity index is 625. The number of hydrogen-bond donors (Lipinski definition) is 1. The molecule has 0 saturated heterocycles. The lowest BCUT2D eigenvalue weighted by Gasteiger charge is -2.17. The Morgan fingerprint density at radius 1 is 1.18 bits per heavy atom. The minimum absolute atomic E-state index is 0.0216. The number of amides is 1. The van der Waals surface area contributed by atoms with Crippen LogP contribution < -0.4 is 10.1 Å². The summed E-state index contributed by atoms with van der Waals surface area (Å²) in [5.41, 5.74) is 2.08. The van der Waals surface area contributed by atoms with Crippen LogP contribution in [0.5, 0.6) is 5.75 Å². The molecule has 0 bridgehead atoms. The lowest BCUT2D eigenvalue weighted by Crippen LogP contribution is -2.27. The lowest BCUT2D eigenvalue weighted by molar-refractivity contribution is -0.121. The maximum Gasteiger partial charge on any atom is 0.220 e. The third-order valence-electron chi connectivity index (χ3n) is 3.54. The second-order valence-corrected chi connectivity index (χ2v) is 5.59. The van der Waals surface area contributed by atoms with Crippen molar-refractivity contribution in [1.29, 1.82) is 0 Å². The molecule has 2 aromatic rings. The Kier molecular flexibility index (Phi) is 5.84. The molecular formula is C18H20ClNO2. The number of carbonyl (C=O) groups excluding carboxylic acids is 1. The zero-order chi connectivity index (χ0) is 15.9. The summed E-state index contributed by atoms with van der Waals surface area (Å²) in [6.07, 6.45) is 1.14. The van der Waals surface area contributed by atoms with Crippen LogP contribution in [0.15, 0.2) is 48.5 Å². The summed E-state index contributed by atoms with van der Waals surface area (Å²) in [6, 6.07) is 15.2. The van der Waals surface area contributed by atoms with Crippen molar-refractivity contribution >= 4 is 17.5 Å². The molecule has 0 heterocycles. The van der Waals surface area contributed by atoms with Crippen molar-refractivity contribution in [2.75, 3.05) is 7.11 Å². The number of rotatable bonds is 6. The summed E-state index contributed by atoms with van der Waals surface area (Å²) < 4.78 is 5.32. The molecule has 116 valence electrons. The van der Waals surface area contributed by atoms with Gasteiger partial charge in [-0.3, -0.25) is 4.79 Å². The van der Waals surface area contributed by atoms with Gasteiger partial charge in [0.05, 0.1) is 13.2 Å². The van der Waals surface area contributed by atoms with E-state index in [-0.39, 0.29) is 11.9 Å². The predicted octanol–water partition coefficient (Wildman–Crippen LogP) is 4.16. The summed E-state index contributed by atoms with van der Waals surface area (Å²) in [5, 5.41) is 3.71. The fourth-order valence-electron chi connectivity index (χ4n) is 2.32. The molecule has 0 saturated carbocycles. The second-order valence-electron chi connectivity index (χ2n) is 5.16. The summed E-state index contributed by atoms with van der Waals surface area (Å²) >= 11 is 5.85. The monoisotopic (exact) mass is 317 g/mol. The van der Waals surface area contributed by atoms with Crippen molar-refractivity contribution in [1.82, 2.24) is 5.32 Å². The molecule has 1 atom stereocenters. The Balaban J connectivity index is 1.90. The molecule has 0 radical (unpaired) electrons.